The summed E-state index contributed by atoms with van der Waals surface area (Å²) in [5.41, 5.74) is 0. The van der Waals surface area contributed by atoms with E-state index in [9.17, 15) is 4.79 Å². The molecule has 3 rings (SSSR count). The lowest BCUT2D eigenvalue weighted by atomic mass is 10.3. The van der Waals surface area contributed by atoms with E-state index in [1.807, 2.05) is 34.8 Å². The van der Waals surface area contributed by atoms with Crippen LogP contribution in [0, 0.1) is 0 Å². The lowest BCUT2D eigenvalue weighted by Crippen LogP contribution is -2.45. The Bertz CT molecular complexity index is 563. The second-order valence-corrected chi connectivity index (χ2v) is 6.55. The van der Waals surface area contributed by atoms with E-state index in [-0.39, 0.29) is 12.1 Å². The maximum absolute atomic E-state index is 12.5. The third-order valence-electron chi connectivity index (χ3n) is 3.54. The van der Waals surface area contributed by atoms with Gasteiger partial charge < -0.3 is 10.2 Å². The fourth-order valence-corrected chi connectivity index (χ4v) is 3.05. The number of carbonyl (C=O) groups excluding carboxylic acids is 1. The molecule has 0 aromatic carbocycles. The maximum Gasteiger partial charge on any atom is 0.318 e. The van der Waals surface area contributed by atoms with Gasteiger partial charge in [-0.1, -0.05) is 6.07 Å². The minimum atomic E-state index is 0.0329. The van der Waals surface area contributed by atoms with Crippen LogP contribution in [0.2, 0.25) is 0 Å². The van der Waals surface area contributed by atoms with Gasteiger partial charge in [0.15, 0.2) is 0 Å². The average molecular weight is 304 g/mol. The zero-order chi connectivity index (χ0) is 14.7. The molecule has 0 saturated heterocycles. The third kappa shape index (κ3) is 3.85. The van der Waals surface area contributed by atoms with Crippen molar-refractivity contribution in [1.29, 1.82) is 0 Å². The van der Waals surface area contributed by atoms with Crippen molar-refractivity contribution in [3.05, 3.63) is 40.8 Å². The molecular weight excluding hydrogens is 284 g/mol. The van der Waals surface area contributed by atoms with Gasteiger partial charge in [0.1, 0.15) is 0 Å². The van der Waals surface area contributed by atoms with Crippen molar-refractivity contribution in [3.63, 3.8) is 0 Å². The lowest BCUT2D eigenvalue weighted by Gasteiger charge is -2.24. The van der Waals surface area contributed by atoms with Crippen molar-refractivity contribution in [2.75, 3.05) is 0 Å². The van der Waals surface area contributed by atoms with Crippen LogP contribution in [-0.4, -0.2) is 32.8 Å². The van der Waals surface area contributed by atoms with Gasteiger partial charge in [0.2, 0.25) is 0 Å². The summed E-state index contributed by atoms with van der Waals surface area (Å²) < 4.78 is 1.84. The van der Waals surface area contributed by atoms with E-state index in [0.717, 1.165) is 12.8 Å². The van der Waals surface area contributed by atoms with Crippen LogP contribution in [0.1, 0.15) is 24.6 Å². The SMILES string of the molecule is C[C@H](Cn1cccn1)NC(=O)N(Cc1cccs1)C1CC1. The van der Waals surface area contributed by atoms with Crippen molar-refractivity contribution in [2.24, 2.45) is 0 Å². The van der Waals surface area contributed by atoms with Gasteiger partial charge >= 0.3 is 6.03 Å². The number of hydrogen-bond acceptors (Lipinski definition) is 3. The van der Waals surface area contributed by atoms with Crippen molar-refractivity contribution in [2.45, 2.75) is 44.9 Å². The number of amides is 2. The first-order valence-corrected chi connectivity index (χ1v) is 8.17. The largest absolute Gasteiger partial charge is 0.334 e. The van der Waals surface area contributed by atoms with Crippen molar-refractivity contribution >= 4 is 17.4 Å². The number of nitrogens with zero attached hydrogens (tertiary/aromatic N) is 3. The summed E-state index contributed by atoms with van der Waals surface area (Å²) in [5.74, 6) is 0. The number of nitrogens with one attached hydrogen (secondary N) is 1. The topological polar surface area (TPSA) is 50.2 Å². The summed E-state index contributed by atoms with van der Waals surface area (Å²) in [5, 5.41) is 9.31. The highest BCUT2D eigenvalue weighted by molar-refractivity contribution is 7.09. The number of rotatable bonds is 6. The number of thiophene rings is 1. The highest BCUT2D eigenvalue weighted by atomic mass is 32.1. The second kappa shape index (κ2) is 6.30. The molecule has 1 aliphatic rings. The Morgan fingerprint density at radius 2 is 2.43 bits per heavy atom. The van der Waals surface area contributed by atoms with Gasteiger partial charge in [-0.05, 0) is 37.3 Å². The van der Waals surface area contributed by atoms with Gasteiger partial charge in [0.05, 0.1) is 13.1 Å². The third-order valence-corrected chi connectivity index (χ3v) is 4.41. The van der Waals surface area contributed by atoms with Crippen LogP contribution in [0.5, 0.6) is 0 Å². The maximum atomic E-state index is 12.5. The van der Waals surface area contributed by atoms with E-state index in [1.165, 1.54) is 4.88 Å². The summed E-state index contributed by atoms with van der Waals surface area (Å²) in [7, 11) is 0. The molecule has 1 aliphatic carbocycles. The van der Waals surface area contributed by atoms with Crippen LogP contribution in [0.4, 0.5) is 4.79 Å². The van der Waals surface area contributed by atoms with Crippen LogP contribution in [-0.2, 0) is 13.1 Å². The molecule has 1 fully saturated rings. The summed E-state index contributed by atoms with van der Waals surface area (Å²) in [6, 6.07) is 6.50. The predicted octanol–water partition coefficient (Wildman–Crippen LogP) is 2.71. The zero-order valence-electron chi connectivity index (χ0n) is 12.1. The quantitative estimate of drug-likeness (QED) is 0.892. The molecule has 0 aliphatic heterocycles. The lowest BCUT2D eigenvalue weighted by molar-refractivity contribution is 0.187. The Balaban J connectivity index is 1.56. The Hall–Kier alpha value is -1.82. The number of aromatic nitrogens is 2. The van der Waals surface area contributed by atoms with Crippen molar-refractivity contribution in [3.8, 4) is 0 Å². The van der Waals surface area contributed by atoms with Gasteiger partial charge in [0, 0.05) is 29.4 Å². The highest BCUT2D eigenvalue weighted by Crippen LogP contribution is 2.29. The average Bonchev–Trinajstić information content (AvgIpc) is 2.94. The summed E-state index contributed by atoms with van der Waals surface area (Å²) in [6.07, 6.45) is 5.90. The first-order chi connectivity index (χ1) is 10.2. The molecular formula is C15H20N4OS. The minimum absolute atomic E-state index is 0.0329. The van der Waals surface area contributed by atoms with Gasteiger partial charge in [-0.2, -0.15) is 5.10 Å². The molecule has 112 valence electrons. The molecule has 0 unspecified atom stereocenters. The van der Waals surface area contributed by atoms with Crippen LogP contribution in [0.3, 0.4) is 0 Å². The van der Waals surface area contributed by atoms with Gasteiger partial charge in [0.25, 0.3) is 0 Å². The predicted molar refractivity (Wildman–Crippen MR) is 83.1 cm³/mol. The van der Waals surface area contributed by atoms with Crippen molar-refractivity contribution in [1.82, 2.24) is 20.0 Å². The minimum Gasteiger partial charge on any atom is -0.334 e. The van der Waals surface area contributed by atoms with E-state index in [0.29, 0.717) is 19.1 Å². The first-order valence-electron chi connectivity index (χ1n) is 7.29. The summed E-state index contributed by atoms with van der Waals surface area (Å²) in [4.78, 5) is 15.7. The van der Waals surface area contributed by atoms with Crippen LogP contribution in [0.15, 0.2) is 36.0 Å². The molecule has 21 heavy (non-hydrogen) atoms. The molecule has 5 nitrogen and oxygen atoms in total. The number of urea groups is 1. The van der Waals surface area contributed by atoms with Crippen LogP contribution >= 0.6 is 11.3 Å². The van der Waals surface area contributed by atoms with E-state index in [2.05, 4.69) is 21.9 Å². The smallest absolute Gasteiger partial charge is 0.318 e. The zero-order valence-corrected chi connectivity index (χ0v) is 12.9. The monoisotopic (exact) mass is 304 g/mol. The number of hydrogen-bond donors (Lipinski definition) is 1. The van der Waals surface area contributed by atoms with Gasteiger partial charge in [-0.15, -0.1) is 11.3 Å². The fourth-order valence-electron chi connectivity index (χ4n) is 2.35. The molecule has 1 atom stereocenters. The van der Waals surface area contributed by atoms with E-state index >= 15 is 0 Å². The number of carbonyl (C=O) groups is 1. The molecule has 2 aromatic heterocycles. The first kappa shape index (κ1) is 14.1. The Morgan fingerprint density at radius 1 is 1.57 bits per heavy atom. The molecule has 2 amide bonds. The van der Waals surface area contributed by atoms with Gasteiger partial charge in [-0.25, -0.2) is 4.79 Å². The molecule has 2 aromatic rings. The second-order valence-electron chi connectivity index (χ2n) is 5.52. The van der Waals surface area contributed by atoms with E-state index in [4.69, 9.17) is 0 Å². The Morgan fingerprint density at radius 3 is 3.05 bits per heavy atom. The Kier molecular flexibility index (Phi) is 4.24. The molecule has 0 radical (unpaired) electrons. The summed E-state index contributed by atoms with van der Waals surface area (Å²) >= 11 is 1.70. The van der Waals surface area contributed by atoms with Crippen molar-refractivity contribution < 1.29 is 4.79 Å². The van der Waals surface area contributed by atoms with E-state index < -0.39 is 0 Å². The Labute approximate surface area is 128 Å². The van der Waals surface area contributed by atoms with Gasteiger partial charge in [-0.3, -0.25) is 4.68 Å². The van der Waals surface area contributed by atoms with Crippen LogP contribution < -0.4 is 5.32 Å². The standard InChI is InChI=1S/C15H20N4OS/c1-12(10-18-8-3-7-16-18)17-15(20)19(13-5-6-13)11-14-4-2-9-21-14/h2-4,7-9,12-13H,5-6,10-11H2,1H3,(H,17,20)/t12-/m1/s1. The molecule has 6 heteroatoms. The molecule has 1 saturated carbocycles. The summed E-state index contributed by atoms with van der Waals surface area (Å²) in [6.45, 7) is 3.41. The van der Waals surface area contributed by atoms with E-state index in [1.54, 1.807) is 17.5 Å². The molecule has 2 heterocycles. The van der Waals surface area contributed by atoms with Crippen LogP contribution in [0.25, 0.3) is 0 Å². The molecule has 1 N–H and O–H groups in total. The fraction of sp³-hybridized carbons (Fsp3) is 0.467. The molecule has 0 bridgehead atoms. The molecule has 0 spiro atoms. The highest BCUT2D eigenvalue weighted by Gasteiger charge is 2.33. The normalized spacial score (nSPS) is 15.7.